The molecule has 6 heteroatoms. The Hall–Kier alpha value is -2.21. The number of nitrogens with zero attached hydrogens (tertiary/aromatic N) is 1. The average Bonchev–Trinajstić information content (AvgIpc) is 2.55. The molecular weight excluding hydrogens is 360 g/mol. The summed E-state index contributed by atoms with van der Waals surface area (Å²) in [5, 5.41) is 13.9. The third-order valence-electron chi connectivity index (χ3n) is 3.64. The van der Waals surface area contributed by atoms with E-state index in [0.29, 0.717) is 4.47 Å². The van der Waals surface area contributed by atoms with Crippen molar-refractivity contribution >= 4 is 33.2 Å². The van der Waals surface area contributed by atoms with Crippen molar-refractivity contribution in [2.45, 2.75) is 26.7 Å². The fraction of sp³-hybridized carbons (Fsp3) is 0.235. The Labute approximate surface area is 143 Å². The van der Waals surface area contributed by atoms with E-state index in [4.69, 9.17) is 0 Å². The van der Waals surface area contributed by atoms with Gasteiger partial charge in [-0.25, -0.2) is 0 Å². The van der Waals surface area contributed by atoms with Crippen LogP contribution in [0.3, 0.4) is 0 Å². The third kappa shape index (κ3) is 3.76. The number of nitrogens with one attached hydrogen (secondary N) is 1. The highest BCUT2D eigenvalue weighted by molar-refractivity contribution is 9.10. The van der Waals surface area contributed by atoms with Gasteiger partial charge in [-0.05, 0) is 52.0 Å². The number of aryl methyl sites for hydroxylation is 2. The van der Waals surface area contributed by atoms with Crippen molar-refractivity contribution in [3.63, 3.8) is 0 Å². The van der Waals surface area contributed by atoms with Crippen molar-refractivity contribution in [2.75, 3.05) is 5.32 Å². The van der Waals surface area contributed by atoms with Gasteiger partial charge in [-0.1, -0.05) is 32.0 Å². The largest absolute Gasteiger partial charge is 0.321 e. The van der Waals surface area contributed by atoms with Crippen molar-refractivity contribution in [2.24, 2.45) is 0 Å². The van der Waals surface area contributed by atoms with Gasteiger partial charge in [0, 0.05) is 17.3 Å². The van der Waals surface area contributed by atoms with Gasteiger partial charge in [0.1, 0.15) is 0 Å². The summed E-state index contributed by atoms with van der Waals surface area (Å²) >= 11 is 3.12. The molecule has 0 heterocycles. The number of nitro groups is 1. The topological polar surface area (TPSA) is 72.2 Å². The molecule has 0 saturated heterocycles. The monoisotopic (exact) mass is 376 g/mol. The maximum atomic E-state index is 12.5. The SMILES string of the molecule is CCc1cccc(CC)c1NC(=O)c1ccc(Br)c([N+](=O)[O-])c1. The molecule has 2 rings (SSSR count). The minimum absolute atomic E-state index is 0.128. The highest BCUT2D eigenvalue weighted by Crippen LogP contribution is 2.27. The predicted octanol–water partition coefficient (Wildman–Crippen LogP) is 4.73. The van der Waals surface area contributed by atoms with E-state index in [-0.39, 0.29) is 17.2 Å². The lowest BCUT2D eigenvalue weighted by atomic mass is 10.0. The Bertz CT molecular complexity index is 737. The van der Waals surface area contributed by atoms with Crippen LogP contribution in [0.25, 0.3) is 0 Å². The molecule has 0 aromatic heterocycles. The van der Waals surface area contributed by atoms with Gasteiger partial charge < -0.3 is 5.32 Å². The van der Waals surface area contributed by atoms with Gasteiger partial charge >= 0.3 is 0 Å². The first kappa shape index (κ1) is 17.1. The second-order valence-electron chi connectivity index (χ2n) is 5.04. The summed E-state index contributed by atoms with van der Waals surface area (Å²) < 4.78 is 0.349. The molecule has 0 saturated carbocycles. The summed E-state index contributed by atoms with van der Waals surface area (Å²) in [7, 11) is 0. The molecule has 0 fully saturated rings. The number of carbonyl (C=O) groups is 1. The zero-order chi connectivity index (χ0) is 17.0. The lowest BCUT2D eigenvalue weighted by molar-refractivity contribution is -0.385. The number of hydrogen-bond acceptors (Lipinski definition) is 3. The maximum absolute atomic E-state index is 12.5. The second kappa shape index (κ2) is 7.37. The minimum Gasteiger partial charge on any atom is -0.321 e. The van der Waals surface area contributed by atoms with E-state index >= 15 is 0 Å². The number of carbonyl (C=O) groups excluding carboxylic acids is 1. The molecule has 0 aliphatic heterocycles. The van der Waals surface area contributed by atoms with E-state index in [0.717, 1.165) is 29.7 Å². The molecule has 1 amide bonds. The maximum Gasteiger partial charge on any atom is 0.284 e. The number of benzene rings is 2. The molecule has 120 valence electrons. The van der Waals surface area contributed by atoms with E-state index in [1.54, 1.807) is 6.07 Å². The van der Waals surface area contributed by atoms with Crippen LogP contribution in [0.15, 0.2) is 40.9 Å². The molecule has 0 aliphatic rings. The highest BCUT2D eigenvalue weighted by Gasteiger charge is 2.17. The molecule has 0 spiro atoms. The summed E-state index contributed by atoms with van der Waals surface area (Å²) in [6.45, 7) is 4.05. The first-order valence-electron chi connectivity index (χ1n) is 7.34. The van der Waals surface area contributed by atoms with Crippen LogP contribution in [0.5, 0.6) is 0 Å². The normalized spacial score (nSPS) is 10.4. The van der Waals surface area contributed by atoms with E-state index in [2.05, 4.69) is 21.2 Å². The predicted molar refractivity (Wildman–Crippen MR) is 93.9 cm³/mol. The van der Waals surface area contributed by atoms with Crippen LogP contribution >= 0.6 is 15.9 Å². The van der Waals surface area contributed by atoms with Gasteiger partial charge in [-0.3, -0.25) is 14.9 Å². The molecule has 0 radical (unpaired) electrons. The second-order valence-corrected chi connectivity index (χ2v) is 5.89. The summed E-state index contributed by atoms with van der Waals surface area (Å²) in [6, 6.07) is 10.3. The van der Waals surface area contributed by atoms with Crippen LogP contribution in [0.4, 0.5) is 11.4 Å². The fourth-order valence-corrected chi connectivity index (χ4v) is 2.77. The van der Waals surface area contributed by atoms with E-state index < -0.39 is 4.92 Å². The Morgan fingerprint density at radius 2 is 1.78 bits per heavy atom. The van der Waals surface area contributed by atoms with E-state index in [1.165, 1.54) is 12.1 Å². The molecular formula is C17H17BrN2O3. The number of nitro benzene ring substituents is 1. The van der Waals surface area contributed by atoms with Crippen molar-refractivity contribution in [1.29, 1.82) is 0 Å². The number of anilines is 1. The lowest BCUT2D eigenvalue weighted by Crippen LogP contribution is -2.15. The molecule has 0 bridgehead atoms. The van der Waals surface area contributed by atoms with Crippen molar-refractivity contribution in [3.8, 4) is 0 Å². The fourth-order valence-electron chi connectivity index (χ4n) is 2.38. The number of halogens is 1. The average molecular weight is 377 g/mol. The van der Waals surface area contributed by atoms with E-state index in [1.807, 2.05) is 32.0 Å². The van der Waals surface area contributed by atoms with Crippen LogP contribution in [0.2, 0.25) is 0 Å². The lowest BCUT2D eigenvalue weighted by Gasteiger charge is -2.14. The summed E-state index contributed by atoms with van der Waals surface area (Å²) in [4.78, 5) is 23.0. The van der Waals surface area contributed by atoms with Gasteiger partial charge in [0.15, 0.2) is 0 Å². The molecule has 5 nitrogen and oxygen atoms in total. The third-order valence-corrected chi connectivity index (χ3v) is 4.31. The molecule has 1 N–H and O–H groups in total. The van der Waals surface area contributed by atoms with Crippen molar-refractivity contribution < 1.29 is 9.72 Å². The molecule has 2 aromatic carbocycles. The molecule has 23 heavy (non-hydrogen) atoms. The standard InChI is InChI=1S/C17H17BrN2O3/c1-3-11-6-5-7-12(4-2)16(11)19-17(21)13-8-9-14(18)15(10-13)20(22)23/h5-10H,3-4H2,1-2H3,(H,19,21). The van der Waals surface area contributed by atoms with Gasteiger partial charge in [-0.2, -0.15) is 0 Å². The quantitative estimate of drug-likeness (QED) is 0.605. The zero-order valence-electron chi connectivity index (χ0n) is 12.9. The smallest absolute Gasteiger partial charge is 0.284 e. The number of hydrogen-bond donors (Lipinski definition) is 1. The van der Waals surface area contributed by atoms with Gasteiger partial charge in [-0.15, -0.1) is 0 Å². The molecule has 0 atom stereocenters. The number of para-hydroxylation sites is 1. The van der Waals surface area contributed by atoms with Crippen LogP contribution in [-0.2, 0) is 12.8 Å². The first-order valence-corrected chi connectivity index (χ1v) is 8.13. The van der Waals surface area contributed by atoms with E-state index in [9.17, 15) is 14.9 Å². The Morgan fingerprint density at radius 3 is 2.30 bits per heavy atom. The van der Waals surface area contributed by atoms with Gasteiger partial charge in [0.05, 0.1) is 9.40 Å². The number of amides is 1. The first-order chi connectivity index (χ1) is 11.0. The van der Waals surface area contributed by atoms with Gasteiger partial charge in [0.25, 0.3) is 11.6 Å². The molecule has 0 unspecified atom stereocenters. The zero-order valence-corrected chi connectivity index (χ0v) is 14.5. The minimum atomic E-state index is -0.516. The Balaban J connectivity index is 2.37. The summed E-state index contributed by atoms with van der Waals surface area (Å²) in [6.07, 6.45) is 1.59. The van der Waals surface area contributed by atoms with Crippen molar-refractivity contribution in [3.05, 3.63) is 67.7 Å². The molecule has 2 aromatic rings. The summed E-state index contributed by atoms with van der Waals surface area (Å²) in [5.74, 6) is -0.351. The van der Waals surface area contributed by atoms with Crippen LogP contribution in [0, 0.1) is 10.1 Å². The Kier molecular flexibility index (Phi) is 5.50. The Morgan fingerprint density at radius 1 is 1.17 bits per heavy atom. The van der Waals surface area contributed by atoms with Gasteiger partial charge in [0.2, 0.25) is 0 Å². The van der Waals surface area contributed by atoms with Crippen LogP contribution < -0.4 is 5.32 Å². The highest BCUT2D eigenvalue weighted by atomic mass is 79.9. The molecule has 0 aliphatic carbocycles. The number of rotatable bonds is 5. The summed E-state index contributed by atoms with van der Waals surface area (Å²) in [5.41, 5.74) is 3.02. The van der Waals surface area contributed by atoms with Crippen LogP contribution in [-0.4, -0.2) is 10.8 Å². The van der Waals surface area contributed by atoms with Crippen molar-refractivity contribution in [1.82, 2.24) is 0 Å². The van der Waals surface area contributed by atoms with Crippen LogP contribution in [0.1, 0.15) is 35.3 Å².